The van der Waals surface area contributed by atoms with Gasteiger partial charge in [0.1, 0.15) is 11.9 Å². The number of rotatable bonds is 5. The Kier molecular flexibility index (Phi) is 7.37. The molecule has 0 aliphatic rings. The summed E-state index contributed by atoms with van der Waals surface area (Å²) in [7, 11) is 0. The lowest BCUT2D eigenvalue weighted by Gasteiger charge is -2.13. The summed E-state index contributed by atoms with van der Waals surface area (Å²) in [6, 6.07) is 21.8. The minimum absolute atomic E-state index is 0.158. The first-order valence-corrected chi connectivity index (χ1v) is 8.65. The van der Waals surface area contributed by atoms with Crippen molar-refractivity contribution in [1.29, 1.82) is 0 Å². The Morgan fingerprint density at radius 3 is 2.19 bits per heavy atom. The summed E-state index contributed by atoms with van der Waals surface area (Å²) in [5.41, 5.74) is 0.436. The van der Waals surface area contributed by atoms with Crippen LogP contribution >= 0.6 is 0 Å². The third kappa shape index (κ3) is 6.15. The molecule has 0 amide bonds. The molecule has 1 atom stereocenters. The predicted octanol–water partition coefficient (Wildman–Crippen LogP) is 4.64. The maximum atomic E-state index is 11.6. The second-order valence-electron chi connectivity index (χ2n) is 5.90. The lowest BCUT2D eigenvalue weighted by atomic mass is 10.1. The van der Waals surface area contributed by atoms with Crippen LogP contribution in [0.2, 0.25) is 0 Å². The van der Waals surface area contributed by atoms with Crippen LogP contribution in [-0.4, -0.2) is 28.3 Å². The van der Waals surface area contributed by atoms with Gasteiger partial charge >= 0.3 is 11.9 Å². The number of carbonyl (C=O) groups excluding carboxylic acids is 1. The highest BCUT2D eigenvalue weighted by atomic mass is 16.5. The van der Waals surface area contributed by atoms with Gasteiger partial charge in [0.15, 0.2) is 0 Å². The minimum atomic E-state index is -0.965. The fourth-order valence-electron chi connectivity index (χ4n) is 2.47. The summed E-state index contributed by atoms with van der Waals surface area (Å²) < 4.78 is 5.08. The number of hydrogen-bond donors (Lipinski definition) is 2. The molecule has 27 heavy (non-hydrogen) atoms. The zero-order valence-corrected chi connectivity index (χ0v) is 15.0. The largest absolute Gasteiger partial charge is 0.507 e. The first-order valence-electron chi connectivity index (χ1n) is 8.65. The molecule has 0 bridgehead atoms. The smallest absolute Gasteiger partial charge is 0.338 e. The van der Waals surface area contributed by atoms with Gasteiger partial charge in [0.25, 0.3) is 0 Å². The van der Waals surface area contributed by atoms with Crippen LogP contribution in [-0.2, 0) is 9.53 Å². The number of fused-ring (bicyclic) bond motifs is 1. The average Bonchev–Trinajstić information content (AvgIpc) is 2.68. The molecule has 0 fully saturated rings. The van der Waals surface area contributed by atoms with E-state index in [1.807, 2.05) is 36.4 Å². The summed E-state index contributed by atoms with van der Waals surface area (Å²) >= 11 is 0. The van der Waals surface area contributed by atoms with Gasteiger partial charge in [-0.25, -0.2) is 4.79 Å². The number of phenolic OH excluding ortho intramolecular Hbond substituents is 1. The van der Waals surface area contributed by atoms with Crippen molar-refractivity contribution in [3.05, 3.63) is 78.4 Å². The molecule has 2 N–H and O–H groups in total. The maximum Gasteiger partial charge on any atom is 0.338 e. The first-order chi connectivity index (χ1) is 13.0. The highest BCUT2D eigenvalue weighted by molar-refractivity contribution is 5.89. The first kappa shape index (κ1) is 20.0. The molecule has 0 aromatic heterocycles. The summed E-state index contributed by atoms with van der Waals surface area (Å²) in [6.07, 6.45) is -0.231. The molecule has 140 valence electrons. The third-order valence-corrected chi connectivity index (χ3v) is 3.91. The minimum Gasteiger partial charge on any atom is -0.507 e. The average molecular weight is 366 g/mol. The van der Waals surface area contributed by atoms with Crippen molar-refractivity contribution in [2.45, 2.75) is 25.9 Å². The van der Waals surface area contributed by atoms with Gasteiger partial charge in [-0.1, -0.05) is 61.5 Å². The maximum absolute atomic E-state index is 11.6. The molecule has 0 radical (unpaired) electrons. The van der Waals surface area contributed by atoms with Gasteiger partial charge < -0.3 is 14.9 Å². The van der Waals surface area contributed by atoms with Crippen LogP contribution in [0, 0.1) is 0 Å². The number of ether oxygens (including phenoxy) is 1. The molecule has 5 heteroatoms. The SMILES string of the molecule is CCC(CC(=O)O)OC(=O)c1ccccc1.Oc1cccc2ccccc12. The van der Waals surface area contributed by atoms with Gasteiger partial charge in [-0.2, -0.15) is 0 Å². The van der Waals surface area contributed by atoms with Gasteiger partial charge in [-0.05, 0) is 30.0 Å². The van der Waals surface area contributed by atoms with E-state index in [1.54, 1.807) is 43.3 Å². The normalized spacial score (nSPS) is 11.1. The van der Waals surface area contributed by atoms with E-state index >= 15 is 0 Å². The second-order valence-corrected chi connectivity index (χ2v) is 5.90. The molecule has 0 spiro atoms. The molecule has 3 aromatic rings. The van der Waals surface area contributed by atoms with E-state index in [-0.39, 0.29) is 6.42 Å². The summed E-state index contributed by atoms with van der Waals surface area (Å²) in [4.78, 5) is 22.1. The number of aromatic hydroxyl groups is 1. The van der Waals surface area contributed by atoms with E-state index in [1.165, 1.54) is 0 Å². The van der Waals surface area contributed by atoms with Crippen LogP contribution in [0.5, 0.6) is 5.75 Å². The molecule has 0 aliphatic carbocycles. The lowest BCUT2D eigenvalue weighted by Crippen LogP contribution is -2.20. The third-order valence-electron chi connectivity index (χ3n) is 3.91. The van der Waals surface area contributed by atoms with Gasteiger partial charge in [0.2, 0.25) is 0 Å². The van der Waals surface area contributed by atoms with Gasteiger partial charge in [-0.3, -0.25) is 4.79 Å². The molecule has 3 aromatic carbocycles. The number of phenols is 1. The fraction of sp³-hybridized carbons (Fsp3) is 0.182. The number of carboxylic acids is 1. The molecule has 3 rings (SSSR count). The molecular formula is C22H22O5. The summed E-state index contributed by atoms with van der Waals surface area (Å²) in [6.45, 7) is 1.78. The van der Waals surface area contributed by atoms with E-state index < -0.39 is 18.0 Å². The molecule has 1 unspecified atom stereocenters. The Hall–Kier alpha value is -3.34. The van der Waals surface area contributed by atoms with Crippen LogP contribution in [0.3, 0.4) is 0 Å². The van der Waals surface area contributed by atoms with Crippen LogP contribution < -0.4 is 0 Å². The van der Waals surface area contributed by atoms with Gasteiger partial charge in [0.05, 0.1) is 12.0 Å². The topological polar surface area (TPSA) is 83.8 Å². The van der Waals surface area contributed by atoms with E-state index in [0.29, 0.717) is 17.7 Å². The molecular weight excluding hydrogens is 344 g/mol. The van der Waals surface area contributed by atoms with Crippen molar-refractivity contribution in [1.82, 2.24) is 0 Å². The fourth-order valence-corrected chi connectivity index (χ4v) is 2.47. The monoisotopic (exact) mass is 366 g/mol. The standard InChI is InChI=1S/C12H14O4.C10H8O/c1-2-10(8-11(13)14)16-12(15)9-6-4-3-5-7-9;11-10-7-3-5-8-4-1-2-6-9(8)10/h3-7,10H,2,8H2,1H3,(H,13,14);1-7,11H. The second kappa shape index (κ2) is 9.97. The number of aliphatic carboxylic acids is 1. The van der Waals surface area contributed by atoms with E-state index in [0.717, 1.165) is 10.8 Å². The summed E-state index contributed by atoms with van der Waals surface area (Å²) in [5.74, 6) is -1.09. The van der Waals surface area contributed by atoms with Crippen LogP contribution in [0.1, 0.15) is 30.1 Å². The number of carboxylic acid groups (broad SMARTS) is 1. The highest BCUT2D eigenvalue weighted by Crippen LogP contribution is 2.22. The van der Waals surface area contributed by atoms with Crippen LogP contribution in [0.25, 0.3) is 10.8 Å². The number of esters is 1. The zero-order chi connectivity index (χ0) is 19.6. The Labute approximate surface area is 157 Å². The molecule has 0 saturated carbocycles. The van der Waals surface area contributed by atoms with E-state index in [9.17, 15) is 14.7 Å². The van der Waals surface area contributed by atoms with Crippen molar-refractivity contribution in [3.8, 4) is 5.75 Å². The number of benzene rings is 3. The van der Waals surface area contributed by atoms with E-state index in [4.69, 9.17) is 9.84 Å². The Morgan fingerprint density at radius 1 is 0.926 bits per heavy atom. The Bertz CT molecular complexity index is 884. The van der Waals surface area contributed by atoms with Crippen LogP contribution in [0.4, 0.5) is 0 Å². The van der Waals surface area contributed by atoms with Crippen molar-refractivity contribution >= 4 is 22.7 Å². The summed E-state index contributed by atoms with van der Waals surface area (Å²) in [5, 5.41) is 20.0. The van der Waals surface area contributed by atoms with Crippen molar-refractivity contribution in [2.75, 3.05) is 0 Å². The lowest BCUT2D eigenvalue weighted by molar-refractivity contribution is -0.139. The predicted molar refractivity (Wildman–Crippen MR) is 104 cm³/mol. The Balaban J connectivity index is 0.000000206. The van der Waals surface area contributed by atoms with Crippen molar-refractivity contribution < 1.29 is 24.5 Å². The quantitative estimate of drug-likeness (QED) is 0.643. The van der Waals surface area contributed by atoms with Crippen molar-refractivity contribution in [3.63, 3.8) is 0 Å². The molecule has 5 nitrogen and oxygen atoms in total. The number of carbonyl (C=O) groups is 2. The molecule has 0 aliphatic heterocycles. The molecule has 0 heterocycles. The van der Waals surface area contributed by atoms with Gasteiger partial charge in [-0.15, -0.1) is 0 Å². The van der Waals surface area contributed by atoms with Crippen molar-refractivity contribution in [2.24, 2.45) is 0 Å². The van der Waals surface area contributed by atoms with E-state index in [2.05, 4.69) is 0 Å². The highest BCUT2D eigenvalue weighted by Gasteiger charge is 2.16. The Morgan fingerprint density at radius 2 is 1.56 bits per heavy atom. The number of hydrogen-bond acceptors (Lipinski definition) is 4. The van der Waals surface area contributed by atoms with Gasteiger partial charge in [0, 0.05) is 5.39 Å². The van der Waals surface area contributed by atoms with Crippen LogP contribution in [0.15, 0.2) is 72.8 Å². The molecule has 0 saturated heterocycles. The zero-order valence-electron chi connectivity index (χ0n) is 15.0.